The van der Waals surface area contributed by atoms with E-state index in [9.17, 15) is 0 Å². The van der Waals surface area contributed by atoms with Crippen LogP contribution in [0.2, 0.25) is 0 Å². The molecule has 320 valence electrons. The van der Waals surface area contributed by atoms with E-state index >= 15 is 0 Å². The summed E-state index contributed by atoms with van der Waals surface area (Å²) in [5.41, 5.74) is 22.8. The molecule has 3 heteroatoms. The normalized spacial score (nSPS) is 14.0. The monoisotopic (exact) mass is 876 g/mol. The first-order valence-electron chi connectivity index (χ1n) is 23.8. The van der Waals surface area contributed by atoms with E-state index in [2.05, 4.69) is 237 Å². The molecule has 12 aromatic rings. The number of para-hydroxylation sites is 1. The number of aromatic nitrogens is 2. The van der Waals surface area contributed by atoms with Crippen LogP contribution in [0.4, 0.5) is 0 Å². The molecule has 15 rings (SSSR count). The van der Waals surface area contributed by atoms with E-state index in [1.807, 2.05) is 6.07 Å². The smallest absolute Gasteiger partial charge is 0.160 e. The van der Waals surface area contributed by atoms with Crippen LogP contribution in [0.1, 0.15) is 44.5 Å². The van der Waals surface area contributed by atoms with Crippen LogP contribution in [0.5, 0.6) is 0 Å². The Balaban J connectivity index is 1.03. The molecule has 2 spiro atoms. The molecule has 10 aromatic carbocycles. The molecular weight excluding hydrogens is 837 g/mol. The van der Waals surface area contributed by atoms with Gasteiger partial charge in [0, 0.05) is 27.5 Å². The first kappa shape index (κ1) is 38.2. The molecule has 0 saturated heterocycles. The van der Waals surface area contributed by atoms with Gasteiger partial charge in [-0.25, -0.2) is 9.97 Å². The van der Waals surface area contributed by atoms with Crippen molar-refractivity contribution in [2.45, 2.75) is 10.8 Å². The Morgan fingerprint density at radius 2 is 0.739 bits per heavy atom. The SMILES string of the molecule is c1ccc(-c2cccc(-c3cc(-c4ccc5c(c4)C4(c6cc7oc8ccccc8c7cc6-5)c5ccccc5C5(c6ccccc6-c6ccccc65)c5ccccc54)nc(-c4ccccc4)n3)c2)cc1. The van der Waals surface area contributed by atoms with Crippen molar-refractivity contribution in [1.82, 2.24) is 9.97 Å². The summed E-state index contributed by atoms with van der Waals surface area (Å²) in [7, 11) is 0. The van der Waals surface area contributed by atoms with Crippen LogP contribution < -0.4 is 0 Å². The number of furan rings is 1. The van der Waals surface area contributed by atoms with Gasteiger partial charge >= 0.3 is 0 Å². The molecule has 0 amide bonds. The maximum atomic E-state index is 6.80. The van der Waals surface area contributed by atoms with Crippen molar-refractivity contribution in [2.24, 2.45) is 0 Å². The molecule has 3 aliphatic carbocycles. The van der Waals surface area contributed by atoms with E-state index in [0.29, 0.717) is 5.82 Å². The van der Waals surface area contributed by atoms with Crippen LogP contribution in [0, 0.1) is 0 Å². The predicted molar refractivity (Wildman–Crippen MR) is 279 cm³/mol. The van der Waals surface area contributed by atoms with Crippen molar-refractivity contribution in [2.75, 3.05) is 0 Å². The van der Waals surface area contributed by atoms with Gasteiger partial charge < -0.3 is 4.42 Å². The highest BCUT2D eigenvalue weighted by Crippen LogP contribution is 2.68. The van der Waals surface area contributed by atoms with E-state index in [0.717, 1.165) is 55.6 Å². The second-order valence-corrected chi connectivity index (χ2v) is 18.7. The minimum absolute atomic E-state index is 0.546. The summed E-state index contributed by atoms with van der Waals surface area (Å²) in [5, 5.41) is 2.24. The van der Waals surface area contributed by atoms with Crippen LogP contribution in [0.3, 0.4) is 0 Å². The maximum absolute atomic E-state index is 6.80. The van der Waals surface area contributed by atoms with Gasteiger partial charge in [-0.15, -0.1) is 0 Å². The average molecular weight is 877 g/mol. The van der Waals surface area contributed by atoms with Gasteiger partial charge in [-0.3, -0.25) is 0 Å². The largest absolute Gasteiger partial charge is 0.456 e. The Kier molecular flexibility index (Phi) is 7.92. The van der Waals surface area contributed by atoms with Crippen molar-refractivity contribution in [1.29, 1.82) is 0 Å². The van der Waals surface area contributed by atoms with E-state index in [4.69, 9.17) is 14.4 Å². The summed E-state index contributed by atoms with van der Waals surface area (Å²) in [6.07, 6.45) is 0. The Labute approximate surface area is 399 Å². The zero-order valence-electron chi connectivity index (χ0n) is 37.4. The third-order valence-corrected chi connectivity index (χ3v) is 15.4. The molecule has 3 aliphatic rings. The predicted octanol–water partition coefficient (Wildman–Crippen LogP) is 16.1. The number of hydrogen-bond donors (Lipinski definition) is 0. The number of benzene rings is 10. The first-order chi connectivity index (χ1) is 34.2. The molecule has 0 atom stereocenters. The topological polar surface area (TPSA) is 38.9 Å². The third kappa shape index (κ3) is 5.16. The van der Waals surface area contributed by atoms with Gasteiger partial charge in [-0.2, -0.15) is 0 Å². The van der Waals surface area contributed by atoms with Crippen molar-refractivity contribution >= 4 is 21.9 Å². The summed E-state index contributed by atoms with van der Waals surface area (Å²) >= 11 is 0. The minimum atomic E-state index is -0.721. The summed E-state index contributed by atoms with van der Waals surface area (Å²) in [5.74, 6) is 0.688. The molecule has 2 aromatic heterocycles. The van der Waals surface area contributed by atoms with Gasteiger partial charge in [0.15, 0.2) is 5.82 Å². The fourth-order valence-corrected chi connectivity index (χ4v) is 12.6. The van der Waals surface area contributed by atoms with E-state index < -0.39 is 10.8 Å². The molecular formula is C66H40N2O. The fraction of sp³-hybridized carbons (Fsp3) is 0.0303. The highest BCUT2D eigenvalue weighted by Gasteiger charge is 2.59. The average Bonchev–Trinajstić information content (AvgIpc) is 4.04. The van der Waals surface area contributed by atoms with Crippen LogP contribution in [-0.2, 0) is 10.8 Å². The van der Waals surface area contributed by atoms with E-state index in [1.54, 1.807) is 0 Å². The molecule has 3 nitrogen and oxygen atoms in total. The molecule has 0 aliphatic heterocycles. The van der Waals surface area contributed by atoms with Crippen LogP contribution >= 0.6 is 0 Å². The molecule has 2 heterocycles. The molecule has 0 saturated carbocycles. The number of nitrogens with zero attached hydrogens (tertiary/aromatic N) is 2. The Hall–Kier alpha value is -8.92. The summed E-state index contributed by atoms with van der Waals surface area (Å²) in [4.78, 5) is 10.7. The van der Waals surface area contributed by atoms with Crippen molar-refractivity contribution < 1.29 is 4.42 Å². The molecule has 0 unspecified atom stereocenters. The Morgan fingerprint density at radius 3 is 1.39 bits per heavy atom. The lowest BCUT2D eigenvalue weighted by Crippen LogP contribution is -2.43. The Bertz CT molecular complexity index is 3990. The number of rotatable bonds is 4. The van der Waals surface area contributed by atoms with E-state index in [-0.39, 0.29) is 0 Å². The van der Waals surface area contributed by atoms with Gasteiger partial charge in [-0.05, 0) is 114 Å². The van der Waals surface area contributed by atoms with Crippen LogP contribution in [0.15, 0.2) is 247 Å². The fourth-order valence-electron chi connectivity index (χ4n) is 12.6. The number of hydrogen-bond acceptors (Lipinski definition) is 3. The lowest BCUT2D eigenvalue weighted by atomic mass is 9.52. The molecule has 0 N–H and O–H groups in total. The standard InChI is InChI=1S/C66H40N2O/c1-3-18-41(19-4-1)43-22-17-23-44(36-43)60-40-61(68-64(67-60)42-20-5-2-6-21-42)45-34-35-48-50-38-51-49-26-9-16-33-62(49)69-63(51)39-59(50)66(58(48)37-45)56-31-14-12-29-54(56)65(55-30-13-15-32-57(55)66)52-27-10-7-24-46(52)47-25-8-11-28-53(47)65/h1-40H. The summed E-state index contributed by atoms with van der Waals surface area (Å²) < 4.78 is 6.80. The first-order valence-corrected chi connectivity index (χ1v) is 23.8. The van der Waals surface area contributed by atoms with Crippen LogP contribution in [0.25, 0.3) is 89.2 Å². The lowest BCUT2D eigenvalue weighted by Gasteiger charge is -2.48. The maximum Gasteiger partial charge on any atom is 0.160 e. The van der Waals surface area contributed by atoms with Gasteiger partial charge in [0.2, 0.25) is 0 Å². The zero-order valence-corrected chi connectivity index (χ0v) is 37.4. The molecule has 0 fully saturated rings. The highest BCUT2D eigenvalue weighted by atomic mass is 16.3. The second-order valence-electron chi connectivity index (χ2n) is 18.7. The second kappa shape index (κ2) is 14.3. The van der Waals surface area contributed by atoms with Crippen molar-refractivity contribution in [3.63, 3.8) is 0 Å². The van der Waals surface area contributed by atoms with Crippen molar-refractivity contribution in [3.05, 3.63) is 287 Å². The highest BCUT2D eigenvalue weighted by molar-refractivity contribution is 6.09. The van der Waals surface area contributed by atoms with Crippen LogP contribution in [-0.4, -0.2) is 9.97 Å². The van der Waals surface area contributed by atoms with E-state index in [1.165, 1.54) is 72.3 Å². The molecule has 69 heavy (non-hydrogen) atoms. The Morgan fingerprint density at radius 1 is 0.261 bits per heavy atom. The summed E-state index contributed by atoms with van der Waals surface area (Å²) in [6, 6.07) is 88.7. The molecule has 0 radical (unpaired) electrons. The number of fused-ring (bicyclic) bond motifs is 19. The van der Waals surface area contributed by atoms with Gasteiger partial charge in [0.1, 0.15) is 11.2 Å². The van der Waals surface area contributed by atoms with Gasteiger partial charge in [-0.1, -0.05) is 206 Å². The van der Waals surface area contributed by atoms with Gasteiger partial charge in [0.05, 0.1) is 22.2 Å². The minimum Gasteiger partial charge on any atom is -0.456 e. The zero-order chi connectivity index (χ0) is 45.3. The quantitative estimate of drug-likeness (QED) is 0.177. The summed E-state index contributed by atoms with van der Waals surface area (Å²) in [6.45, 7) is 0. The molecule has 0 bridgehead atoms. The van der Waals surface area contributed by atoms with Crippen molar-refractivity contribution in [3.8, 4) is 67.3 Å². The third-order valence-electron chi connectivity index (χ3n) is 15.4. The van der Waals surface area contributed by atoms with Gasteiger partial charge in [0.25, 0.3) is 0 Å². The lowest BCUT2D eigenvalue weighted by molar-refractivity contribution is 0.630.